The van der Waals surface area contributed by atoms with Gasteiger partial charge in [-0.05, 0) is 6.42 Å². The summed E-state index contributed by atoms with van der Waals surface area (Å²) >= 11 is 0. The number of rotatable bonds is 6. The Labute approximate surface area is 111 Å². The van der Waals surface area contributed by atoms with E-state index in [-0.39, 0.29) is 6.04 Å². The summed E-state index contributed by atoms with van der Waals surface area (Å²) in [6, 6.07) is 0.111. The van der Waals surface area contributed by atoms with Gasteiger partial charge >= 0.3 is 0 Å². The number of fused-ring (bicyclic) bond motifs is 1. The highest BCUT2D eigenvalue weighted by atomic mass is 16.5. The molecular weight excluding hydrogens is 246 g/mol. The van der Waals surface area contributed by atoms with E-state index in [9.17, 15) is 0 Å². The second-order valence-electron chi connectivity index (χ2n) is 4.29. The van der Waals surface area contributed by atoms with E-state index in [0.717, 1.165) is 12.8 Å². The second-order valence-corrected chi connectivity index (χ2v) is 4.29. The molecule has 0 aliphatic heterocycles. The maximum Gasteiger partial charge on any atom is 0.245 e. The van der Waals surface area contributed by atoms with Gasteiger partial charge < -0.3 is 15.2 Å². The first-order valence-corrected chi connectivity index (χ1v) is 6.24. The third kappa shape index (κ3) is 2.46. The lowest BCUT2D eigenvalue weighted by Crippen LogP contribution is -2.17. The minimum absolute atomic E-state index is 0.111. The van der Waals surface area contributed by atoms with Crippen molar-refractivity contribution in [2.75, 3.05) is 26.6 Å². The van der Waals surface area contributed by atoms with Crippen molar-refractivity contribution in [1.82, 2.24) is 19.5 Å². The Balaban J connectivity index is 2.55. The molecule has 2 N–H and O–H groups in total. The lowest BCUT2D eigenvalue weighted by atomic mass is 10.2. The second kappa shape index (κ2) is 5.83. The number of methoxy groups -OCH3 is 2. The first kappa shape index (κ1) is 13.5. The van der Waals surface area contributed by atoms with Gasteiger partial charge in [0.05, 0.1) is 19.8 Å². The minimum Gasteiger partial charge on any atom is -0.479 e. The van der Waals surface area contributed by atoms with Crippen LogP contribution in [0.25, 0.3) is 11.2 Å². The smallest absolute Gasteiger partial charge is 0.245 e. The highest BCUT2D eigenvalue weighted by Crippen LogP contribution is 2.28. The largest absolute Gasteiger partial charge is 0.479 e. The van der Waals surface area contributed by atoms with E-state index in [1.807, 2.05) is 4.57 Å². The molecule has 0 spiro atoms. The maximum atomic E-state index is 6.01. The number of nitrogens with zero attached hydrogens (tertiary/aromatic N) is 4. The van der Waals surface area contributed by atoms with Crippen LogP contribution >= 0.6 is 0 Å². The highest BCUT2D eigenvalue weighted by molar-refractivity contribution is 5.79. The molecule has 2 aromatic rings. The molecule has 0 aliphatic rings. The molecule has 1 atom stereocenters. The van der Waals surface area contributed by atoms with Gasteiger partial charge in [-0.3, -0.25) is 4.57 Å². The third-order valence-electron chi connectivity index (χ3n) is 3.01. The van der Waals surface area contributed by atoms with Crippen LogP contribution in [0.2, 0.25) is 0 Å². The number of anilines is 1. The first-order valence-electron chi connectivity index (χ1n) is 6.24. The summed E-state index contributed by atoms with van der Waals surface area (Å²) in [5.41, 5.74) is 7.27. The van der Waals surface area contributed by atoms with Crippen LogP contribution in [0.5, 0.6) is 5.88 Å². The molecule has 0 bridgehead atoms. The van der Waals surface area contributed by atoms with E-state index in [1.165, 1.54) is 6.33 Å². The van der Waals surface area contributed by atoms with Crippen molar-refractivity contribution in [3.8, 4) is 5.88 Å². The molecule has 0 aromatic carbocycles. The summed E-state index contributed by atoms with van der Waals surface area (Å²) in [6.07, 6.45) is 3.42. The van der Waals surface area contributed by atoms with Crippen LogP contribution in [-0.2, 0) is 4.74 Å². The number of nitrogens with two attached hydrogens (primary N) is 1. The zero-order valence-corrected chi connectivity index (χ0v) is 11.5. The SMILES string of the molecule is CCCC(COC)n1c(N)nc2c(OC)ncnc21. The summed E-state index contributed by atoms with van der Waals surface area (Å²) in [5, 5.41) is 0. The molecule has 7 nitrogen and oxygen atoms in total. The minimum atomic E-state index is 0.111. The molecule has 7 heteroatoms. The molecule has 0 saturated heterocycles. The van der Waals surface area contributed by atoms with Gasteiger partial charge in [0.1, 0.15) is 6.33 Å². The fraction of sp³-hybridized carbons (Fsp3) is 0.583. The average molecular weight is 265 g/mol. The molecule has 2 aromatic heterocycles. The van der Waals surface area contributed by atoms with Crippen LogP contribution in [-0.4, -0.2) is 40.3 Å². The van der Waals surface area contributed by atoms with Crippen LogP contribution in [0.4, 0.5) is 5.95 Å². The lowest BCUT2D eigenvalue weighted by Gasteiger charge is -2.18. The Hall–Kier alpha value is -1.89. The highest BCUT2D eigenvalue weighted by Gasteiger charge is 2.20. The average Bonchev–Trinajstić information content (AvgIpc) is 2.74. The van der Waals surface area contributed by atoms with E-state index in [0.29, 0.717) is 29.6 Å². The van der Waals surface area contributed by atoms with Gasteiger partial charge in [0.25, 0.3) is 0 Å². The van der Waals surface area contributed by atoms with Gasteiger partial charge in [-0.25, -0.2) is 9.97 Å². The van der Waals surface area contributed by atoms with Crippen molar-refractivity contribution < 1.29 is 9.47 Å². The van der Waals surface area contributed by atoms with Gasteiger partial charge in [0, 0.05) is 7.11 Å². The molecule has 2 heterocycles. The molecule has 0 radical (unpaired) electrons. The quantitative estimate of drug-likeness (QED) is 0.849. The van der Waals surface area contributed by atoms with E-state index < -0.39 is 0 Å². The monoisotopic (exact) mass is 265 g/mol. The van der Waals surface area contributed by atoms with Crippen LogP contribution in [0.15, 0.2) is 6.33 Å². The Morgan fingerprint density at radius 1 is 1.37 bits per heavy atom. The van der Waals surface area contributed by atoms with Gasteiger partial charge in [-0.2, -0.15) is 4.98 Å². The van der Waals surface area contributed by atoms with Crippen molar-refractivity contribution >= 4 is 17.1 Å². The summed E-state index contributed by atoms with van der Waals surface area (Å²) in [6.45, 7) is 2.68. The fourth-order valence-corrected chi connectivity index (χ4v) is 2.23. The topological polar surface area (TPSA) is 88.1 Å². The number of hydrogen-bond acceptors (Lipinski definition) is 6. The molecule has 1 unspecified atom stereocenters. The number of imidazole rings is 1. The summed E-state index contributed by atoms with van der Waals surface area (Å²) in [5.74, 6) is 0.840. The third-order valence-corrected chi connectivity index (χ3v) is 3.01. The van der Waals surface area contributed by atoms with E-state index in [4.69, 9.17) is 15.2 Å². The van der Waals surface area contributed by atoms with Gasteiger partial charge in [-0.1, -0.05) is 13.3 Å². The fourth-order valence-electron chi connectivity index (χ4n) is 2.23. The number of aromatic nitrogens is 4. The van der Waals surface area contributed by atoms with Crippen molar-refractivity contribution in [1.29, 1.82) is 0 Å². The van der Waals surface area contributed by atoms with Crippen LogP contribution in [0.3, 0.4) is 0 Å². The zero-order valence-electron chi connectivity index (χ0n) is 11.5. The van der Waals surface area contributed by atoms with Crippen molar-refractivity contribution in [3.05, 3.63) is 6.33 Å². The molecule has 0 amide bonds. The van der Waals surface area contributed by atoms with Crippen molar-refractivity contribution in [2.45, 2.75) is 25.8 Å². The van der Waals surface area contributed by atoms with E-state index >= 15 is 0 Å². The molecule has 0 aliphatic carbocycles. The normalized spacial score (nSPS) is 12.8. The van der Waals surface area contributed by atoms with Crippen LogP contribution < -0.4 is 10.5 Å². The van der Waals surface area contributed by atoms with Crippen molar-refractivity contribution in [2.24, 2.45) is 0 Å². The van der Waals surface area contributed by atoms with Crippen molar-refractivity contribution in [3.63, 3.8) is 0 Å². The summed E-state index contributed by atoms with van der Waals surface area (Å²) in [4.78, 5) is 12.6. The van der Waals surface area contributed by atoms with Crippen LogP contribution in [0.1, 0.15) is 25.8 Å². The molecule has 104 valence electrons. The Kier molecular flexibility index (Phi) is 4.16. The lowest BCUT2D eigenvalue weighted by molar-refractivity contribution is 0.152. The Morgan fingerprint density at radius 2 is 2.16 bits per heavy atom. The number of nitrogen functional groups attached to an aromatic ring is 1. The standard InChI is InChI=1S/C12H19N5O2/c1-4-5-8(6-18-2)17-10-9(16-12(17)13)11(19-3)15-7-14-10/h7-8H,4-6H2,1-3H3,(H2,13,16). The van der Waals surface area contributed by atoms with E-state index in [2.05, 4.69) is 21.9 Å². The number of hydrogen-bond donors (Lipinski definition) is 1. The Bertz CT molecular complexity index is 548. The molecule has 2 rings (SSSR count). The summed E-state index contributed by atoms with van der Waals surface area (Å²) in [7, 11) is 3.23. The zero-order chi connectivity index (χ0) is 13.8. The van der Waals surface area contributed by atoms with Gasteiger partial charge in [0.15, 0.2) is 11.2 Å². The number of ether oxygens (including phenoxy) is 2. The maximum absolute atomic E-state index is 6.01. The molecule has 0 saturated carbocycles. The van der Waals surface area contributed by atoms with Gasteiger partial charge in [-0.15, -0.1) is 0 Å². The molecular formula is C12H19N5O2. The predicted molar refractivity (Wildman–Crippen MR) is 72.1 cm³/mol. The predicted octanol–water partition coefficient (Wildman–Crippen LogP) is 1.40. The van der Waals surface area contributed by atoms with E-state index in [1.54, 1.807) is 14.2 Å². The molecule has 19 heavy (non-hydrogen) atoms. The molecule has 0 fully saturated rings. The summed E-state index contributed by atoms with van der Waals surface area (Å²) < 4.78 is 12.3. The van der Waals surface area contributed by atoms with Crippen LogP contribution in [0, 0.1) is 0 Å². The Morgan fingerprint density at radius 3 is 2.79 bits per heavy atom. The first-order chi connectivity index (χ1) is 9.22. The van der Waals surface area contributed by atoms with Gasteiger partial charge in [0.2, 0.25) is 11.8 Å².